The molecular formula is C21H32IN5O. The molecule has 0 radical (unpaired) electrons. The van der Waals surface area contributed by atoms with E-state index in [4.69, 9.17) is 4.74 Å². The average molecular weight is 497 g/mol. The number of halogens is 1. The summed E-state index contributed by atoms with van der Waals surface area (Å²) in [6.07, 6.45) is 9.11. The Morgan fingerprint density at radius 2 is 2.11 bits per heavy atom. The predicted octanol–water partition coefficient (Wildman–Crippen LogP) is 3.53. The molecule has 28 heavy (non-hydrogen) atoms. The summed E-state index contributed by atoms with van der Waals surface area (Å²) in [6.45, 7) is 5.65. The highest BCUT2D eigenvalue weighted by molar-refractivity contribution is 14.0. The Labute approximate surface area is 185 Å². The number of aliphatic imine (C=N–C) groups is 1. The van der Waals surface area contributed by atoms with Crippen LogP contribution >= 0.6 is 24.0 Å². The van der Waals surface area contributed by atoms with Gasteiger partial charge in [-0.25, -0.2) is 4.98 Å². The Kier molecular flexibility index (Phi) is 9.77. The number of ether oxygens (including phenoxy) is 1. The van der Waals surface area contributed by atoms with Crippen LogP contribution in [-0.2, 0) is 11.3 Å². The second-order valence-electron chi connectivity index (χ2n) is 7.14. The molecule has 3 rings (SSSR count). The summed E-state index contributed by atoms with van der Waals surface area (Å²) in [5, 5.41) is 6.88. The van der Waals surface area contributed by atoms with Gasteiger partial charge in [-0.1, -0.05) is 29.8 Å². The van der Waals surface area contributed by atoms with E-state index in [1.165, 1.54) is 17.5 Å². The first-order valence-electron chi connectivity index (χ1n) is 9.84. The van der Waals surface area contributed by atoms with Crippen LogP contribution in [0.1, 0.15) is 36.5 Å². The lowest BCUT2D eigenvalue weighted by Gasteiger charge is -2.32. The molecule has 1 fully saturated rings. The number of imidazole rings is 1. The van der Waals surface area contributed by atoms with E-state index in [0.29, 0.717) is 5.92 Å². The van der Waals surface area contributed by atoms with Gasteiger partial charge in [-0.2, -0.15) is 0 Å². The van der Waals surface area contributed by atoms with Gasteiger partial charge >= 0.3 is 0 Å². The molecule has 2 unspecified atom stereocenters. The minimum atomic E-state index is 0. The zero-order valence-corrected chi connectivity index (χ0v) is 19.1. The largest absolute Gasteiger partial charge is 0.373 e. The van der Waals surface area contributed by atoms with Gasteiger partial charge in [-0.3, -0.25) is 4.99 Å². The Hall–Kier alpha value is -1.61. The first-order chi connectivity index (χ1) is 13.3. The molecule has 0 aliphatic carbocycles. The van der Waals surface area contributed by atoms with Gasteiger partial charge in [-0.15, -0.1) is 24.0 Å². The van der Waals surface area contributed by atoms with Gasteiger partial charge in [0.15, 0.2) is 5.96 Å². The van der Waals surface area contributed by atoms with Crippen molar-refractivity contribution >= 4 is 29.9 Å². The molecule has 1 saturated heterocycles. The maximum Gasteiger partial charge on any atom is 0.190 e. The standard InChI is InChI=1S/C21H31N5O.HI/c1-17-6-8-18(9-7-17)20-19(5-3-14-27-20)15-25-21(22-2)24-10-4-12-26-13-11-23-16-26;/h6-9,11,13,16,19-20H,3-5,10,12,14-15H2,1-2H3,(H2,22,24,25);1H. The van der Waals surface area contributed by atoms with E-state index in [1.54, 1.807) is 0 Å². The van der Waals surface area contributed by atoms with Crippen molar-refractivity contribution in [2.24, 2.45) is 10.9 Å². The number of benzene rings is 1. The third-order valence-corrected chi connectivity index (χ3v) is 5.05. The molecule has 2 heterocycles. The van der Waals surface area contributed by atoms with Crippen molar-refractivity contribution in [2.45, 2.75) is 38.8 Å². The van der Waals surface area contributed by atoms with Gasteiger partial charge in [0.25, 0.3) is 0 Å². The molecule has 1 aliphatic heterocycles. The van der Waals surface area contributed by atoms with Crippen molar-refractivity contribution < 1.29 is 4.74 Å². The van der Waals surface area contributed by atoms with Gasteiger partial charge in [0, 0.05) is 51.6 Å². The Bertz CT molecular complexity index is 702. The summed E-state index contributed by atoms with van der Waals surface area (Å²) < 4.78 is 8.20. The van der Waals surface area contributed by atoms with Crippen LogP contribution in [0.25, 0.3) is 0 Å². The summed E-state index contributed by atoms with van der Waals surface area (Å²) >= 11 is 0. The molecule has 0 spiro atoms. The summed E-state index contributed by atoms with van der Waals surface area (Å²) in [4.78, 5) is 8.42. The van der Waals surface area contributed by atoms with Crippen LogP contribution < -0.4 is 10.6 Å². The minimum absolute atomic E-state index is 0. The third-order valence-electron chi connectivity index (χ3n) is 5.05. The topological polar surface area (TPSA) is 63.5 Å². The van der Waals surface area contributed by atoms with E-state index in [2.05, 4.69) is 56.4 Å². The normalized spacial score (nSPS) is 19.7. The van der Waals surface area contributed by atoms with Crippen molar-refractivity contribution in [2.75, 3.05) is 26.7 Å². The molecule has 2 atom stereocenters. The quantitative estimate of drug-likeness (QED) is 0.266. The highest BCUT2D eigenvalue weighted by atomic mass is 127. The summed E-state index contributed by atoms with van der Waals surface area (Å²) in [5.74, 6) is 1.31. The maximum atomic E-state index is 6.11. The predicted molar refractivity (Wildman–Crippen MR) is 124 cm³/mol. The van der Waals surface area contributed by atoms with Crippen molar-refractivity contribution in [1.29, 1.82) is 0 Å². The first-order valence-corrected chi connectivity index (χ1v) is 9.84. The van der Waals surface area contributed by atoms with E-state index >= 15 is 0 Å². The van der Waals surface area contributed by atoms with Gasteiger partial charge in [0.2, 0.25) is 0 Å². The molecular weight excluding hydrogens is 465 g/mol. The number of nitrogens with one attached hydrogen (secondary N) is 2. The number of nitrogens with zero attached hydrogens (tertiary/aromatic N) is 3. The molecule has 1 aromatic heterocycles. The Morgan fingerprint density at radius 3 is 2.82 bits per heavy atom. The van der Waals surface area contributed by atoms with E-state index in [-0.39, 0.29) is 30.1 Å². The van der Waals surface area contributed by atoms with Crippen LogP contribution in [0.2, 0.25) is 0 Å². The summed E-state index contributed by atoms with van der Waals surface area (Å²) in [6, 6.07) is 8.72. The molecule has 1 aromatic carbocycles. The van der Waals surface area contributed by atoms with Crippen molar-refractivity contribution in [1.82, 2.24) is 20.2 Å². The van der Waals surface area contributed by atoms with E-state index in [1.807, 2.05) is 25.8 Å². The number of hydrogen-bond acceptors (Lipinski definition) is 3. The van der Waals surface area contributed by atoms with Gasteiger partial charge in [-0.05, 0) is 31.7 Å². The highest BCUT2D eigenvalue weighted by Gasteiger charge is 2.27. The van der Waals surface area contributed by atoms with Gasteiger partial charge in [0.05, 0.1) is 12.4 Å². The monoisotopic (exact) mass is 497 g/mol. The van der Waals surface area contributed by atoms with E-state index < -0.39 is 0 Å². The molecule has 0 amide bonds. The molecule has 6 nitrogen and oxygen atoms in total. The number of aryl methyl sites for hydroxylation is 2. The number of aromatic nitrogens is 2. The van der Waals surface area contributed by atoms with Crippen LogP contribution in [0, 0.1) is 12.8 Å². The Balaban J connectivity index is 0.00000280. The Morgan fingerprint density at radius 1 is 1.29 bits per heavy atom. The van der Waals surface area contributed by atoms with Crippen LogP contribution in [0.5, 0.6) is 0 Å². The lowest BCUT2D eigenvalue weighted by molar-refractivity contribution is -0.0265. The van der Waals surface area contributed by atoms with Crippen LogP contribution in [0.15, 0.2) is 48.0 Å². The van der Waals surface area contributed by atoms with Crippen LogP contribution in [0.4, 0.5) is 0 Å². The molecule has 154 valence electrons. The van der Waals surface area contributed by atoms with Crippen molar-refractivity contribution in [3.63, 3.8) is 0 Å². The number of guanidine groups is 1. The van der Waals surface area contributed by atoms with Crippen LogP contribution in [0.3, 0.4) is 0 Å². The summed E-state index contributed by atoms with van der Waals surface area (Å²) in [5.41, 5.74) is 2.56. The molecule has 1 aliphatic rings. The minimum Gasteiger partial charge on any atom is -0.373 e. The fourth-order valence-electron chi connectivity index (χ4n) is 3.51. The second kappa shape index (κ2) is 12.1. The molecule has 7 heteroatoms. The highest BCUT2D eigenvalue weighted by Crippen LogP contribution is 2.33. The van der Waals surface area contributed by atoms with Gasteiger partial charge in [0.1, 0.15) is 0 Å². The molecule has 0 bridgehead atoms. The fourth-order valence-corrected chi connectivity index (χ4v) is 3.51. The number of rotatable bonds is 7. The van der Waals surface area contributed by atoms with E-state index in [9.17, 15) is 0 Å². The second-order valence-corrected chi connectivity index (χ2v) is 7.14. The fraction of sp³-hybridized carbons (Fsp3) is 0.524. The lowest BCUT2D eigenvalue weighted by Crippen LogP contribution is -2.42. The summed E-state index contributed by atoms with van der Waals surface area (Å²) in [7, 11) is 1.82. The van der Waals surface area contributed by atoms with Crippen molar-refractivity contribution in [3.8, 4) is 0 Å². The zero-order chi connectivity index (χ0) is 18.9. The maximum absolute atomic E-state index is 6.11. The SMILES string of the molecule is CN=C(NCCCn1ccnc1)NCC1CCCOC1c1ccc(C)cc1.I. The van der Waals surface area contributed by atoms with Crippen molar-refractivity contribution in [3.05, 3.63) is 54.1 Å². The molecule has 0 saturated carbocycles. The third kappa shape index (κ3) is 6.77. The lowest BCUT2D eigenvalue weighted by atomic mass is 9.89. The zero-order valence-electron chi connectivity index (χ0n) is 16.8. The molecule has 2 N–H and O–H groups in total. The number of hydrogen-bond donors (Lipinski definition) is 2. The van der Waals surface area contributed by atoms with Gasteiger partial charge < -0.3 is 19.9 Å². The smallest absolute Gasteiger partial charge is 0.190 e. The van der Waals surface area contributed by atoms with E-state index in [0.717, 1.165) is 45.0 Å². The van der Waals surface area contributed by atoms with Crippen LogP contribution in [-0.4, -0.2) is 42.3 Å². The molecule has 2 aromatic rings. The first kappa shape index (κ1) is 22.7. The average Bonchev–Trinajstić information content (AvgIpc) is 3.22.